The molecule has 0 N–H and O–H groups in total. The highest BCUT2D eigenvalue weighted by Crippen LogP contribution is 2.06. The molecule has 0 saturated heterocycles. The lowest BCUT2D eigenvalue weighted by Gasteiger charge is -2.08. The Kier molecular flexibility index (Phi) is 4.17. The van der Waals surface area contributed by atoms with Crippen LogP contribution in [-0.4, -0.2) is 5.97 Å². The molecule has 1 rings (SSSR count). The third kappa shape index (κ3) is 3.21. The summed E-state index contributed by atoms with van der Waals surface area (Å²) in [5.41, 5.74) is 1.03. The summed E-state index contributed by atoms with van der Waals surface area (Å²) in [5, 5.41) is 0. The maximum absolute atomic E-state index is 11.3. The molecule has 14 heavy (non-hydrogen) atoms. The minimum atomic E-state index is -0.114. The molecule has 2 nitrogen and oxygen atoms in total. The van der Waals surface area contributed by atoms with Gasteiger partial charge in [-0.2, -0.15) is 0 Å². The van der Waals surface area contributed by atoms with Crippen LogP contribution in [0.2, 0.25) is 0 Å². The van der Waals surface area contributed by atoms with Crippen molar-refractivity contribution < 1.29 is 9.53 Å². The van der Waals surface area contributed by atoms with E-state index in [4.69, 9.17) is 4.74 Å². The molecule has 0 fully saturated rings. The average Bonchev–Trinajstić information content (AvgIpc) is 2.26. The Bertz CT molecular complexity index is 280. The first-order valence-electron chi connectivity index (χ1n) is 4.94. The predicted octanol–water partition coefficient (Wildman–Crippen LogP) is 2.78. The number of rotatable bonds is 4. The Labute approximate surface area is 84.9 Å². The van der Waals surface area contributed by atoms with Gasteiger partial charge in [0.15, 0.2) is 0 Å². The van der Waals surface area contributed by atoms with E-state index < -0.39 is 0 Å². The lowest BCUT2D eigenvalue weighted by molar-refractivity contribution is -0.149. The van der Waals surface area contributed by atoms with Crippen LogP contribution in [0, 0.1) is 5.92 Å². The topological polar surface area (TPSA) is 26.3 Å². The van der Waals surface area contributed by atoms with Crippen molar-refractivity contribution >= 4 is 5.97 Å². The number of esters is 1. The van der Waals surface area contributed by atoms with Crippen LogP contribution in [0.1, 0.15) is 25.8 Å². The van der Waals surface area contributed by atoms with Gasteiger partial charge in [0.2, 0.25) is 0 Å². The summed E-state index contributed by atoms with van der Waals surface area (Å²) in [4.78, 5) is 11.3. The summed E-state index contributed by atoms with van der Waals surface area (Å²) in [6.45, 7) is 4.24. The van der Waals surface area contributed by atoms with Gasteiger partial charge < -0.3 is 4.74 Å². The zero-order chi connectivity index (χ0) is 10.4. The van der Waals surface area contributed by atoms with Crippen LogP contribution in [0.25, 0.3) is 0 Å². The van der Waals surface area contributed by atoms with E-state index in [2.05, 4.69) is 0 Å². The van der Waals surface area contributed by atoms with Gasteiger partial charge in [0, 0.05) is 0 Å². The van der Waals surface area contributed by atoms with Gasteiger partial charge in [-0.25, -0.2) is 0 Å². The normalized spacial score (nSPS) is 12.1. The van der Waals surface area contributed by atoms with E-state index in [1.165, 1.54) is 0 Å². The van der Waals surface area contributed by atoms with Crippen molar-refractivity contribution in [2.45, 2.75) is 26.9 Å². The van der Waals surface area contributed by atoms with Crippen LogP contribution in [0.15, 0.2) is 30.3 Å². The summed E-state index contributed by atoms with van der Waals surface area (Å²) < 4.78 is 5.14. The van der Waals surface area contributed by atoms with E-state index in [1.54, 1.807) is 0 Å². The van der Waals surface area contributed by atoms with Crippen molar-refractivity contribution in [3.63, 3.8) is 0 Å². The summed E-state index contributed by atoms with van der Waals surface area (Å²) in [5.74, 6) is -0.116. The molecule has 0 aliphatic rings. The molecule has 76 valence electrons. The van der Waals surface area contributed by atoms with E-state index in [1.807, 2.05) is 44.2 Å². The Morgan fingerprint density at radius 2 is 2.00 bits per heavy atom. The highest BCUT2D eigenvalue weighted by molar-refractivity contribution is 5.71. The van der Waals surface area contributed by atoms with Crippen molar-refractivity contribution in [2.24, 2.45) is 5.92 Å². The smallest absolute Gasteiger partial charge is 0.308 e. The van der Waals surface area contributed by atoms with Gasteiger partial charge in [-0.1, -0.05) is 44.2 Å². The van der Waals surface area contributed by atoms with Crippen LogP contribution in [-0.2, 0) is 16.1 Å². The van der Waals surface area contributed by atoms with E-state index >= 15 is 0 Å². The van der Waals surface area contributed by atoms with Gasteiger partial charge in [0.25, 0.3) is 0 Å². The standard InChI is InChI=1S/C12H16O2/c1-3-10(2)12(13)14-9-11-7-5-4-6-8-11/h4-8,10H,3,9H2,1-2H3/t10-/m0/s1. The second-order valence-electron chi connectivity index (χ2n) is 3.40. The van der Waals surface area contributed by atoms with E-state index in [0.29, 0.717) is 6.61 Å². The molecule has 0 saturated carbocycles. The quantitative estimate of drug-likeness (QED) is 0.686. The first kappa shape index (κ1) is 10.8. The van der Waals surface area contributed by atoms with Gasteiger partial charge in [0.1, 0.15) is 6.61 Å². The van der Waals surface area contributed by atoms with Crippen molar-refractivity contribution in [3.05, 3.63) is 35.9 Å². The highest BCUT2D eigenvalue weighted by atomic mass is 16.5. The zero-order valence-electron chi connectivity index (χ0n) is 8.69. The Morgan fingerprint density at radius 3 is 2.57 bits per heavy atom. The molecule has 0 bridgehead atoms. The monoisotopic (exact) mass is 192 g/mol. The van der Waals surface area contributed by atoms with E-state index in [-0.39, 0.29) is 11.9 Å². The van der Waals surface area contributed by atoms with Crippen molar-refractivity contribution in [2.75, 3.05) is 0 Å². The molecule has 1 atom stereocenters. The zero-order valence-corrected chi connectivity index (χ0v) is 8.69. The first-order chi connectivity index (χ1) is 6.74. The van der Waals surface area contributed by atoms with Crippen LogP contribution in [0.4, 0.5) is 0 Å². The first-order valence-corrected chi connectivity index (χ1v) is 4.94. The molecule has 2 heteroatoms. The number of benzene rings is 1. The molecule has 0 unspecified atom stereocenters. The summed E-state index contributed by atoms with van der Waals surface area (Å²) in [6.07, 6.45) is 0.827. The molecule has 0 aliphatic carbocycles. The number of carbonyl (C=O) groups is 1. The molecule has 0 radical (unpaired) electrons. The summed E-state index contributed by atoms with van der Waals surface area (Å²) in [6, 6.07) is 9.71. The predicted molar refractivity (Wildman–Crippen MR) is 55.7 cm³/mol. The maximum atomic E-state index is 11.3. The fourth-order valence-corrected chi connectivity index (χ4v) is 1.04. The molecule has 0 aromatic heterocycles. The lowest BCUT2D eigenvalue weighted by atomic mass is 10.1. The Hall–Kier alpha value is -1.31. The molecule has 0 amide bonds. The third-order valence-electron chi connectivity index (χ3n) is 2.24. The second kappa shape index (κ2) is 5.43. The number of ether oxygens (including phenoxy) is 1. The van der Waals surface area contributed by atoms with Crippen molar-refractivity contribution in [3.8, 4) is 0 Å². The van der Waals surface area contributed by atoms with Crippen LogP contribution in [0.3, 0.4) is 0 Å². The molecule has 0 aliphatic heterocycles. The van der Waals surface area contributed by atoms with Crippen molar-refractivity contribution in [1.29, 1.82) is 0 Å². The fourth-order valence-electron chi connectivity index (χ4n) is 1.04. The number of hydrogen-bond donors (Lipinski definition) is 0. The van der Waals surface area contributed by atoms with Gasteiger partial charge >= 0.3 is 5.97 Å². The molecular weight excluding hydrogens is 176 g/mol. The SMILES string of the molecule is CC[C@H](C)C(=O)OCc1ccccc1. The van der Waals surface area contributed by atoms with Gasteiger partial charge in [-0.15, -0.1) is 0 Å². The van der Waals surface area contributed by atoms with E-state index in [9.17, 15) is 4.79 Å². The summed E-state index contributed by atoms with van der Waals surface area (Å²) in [7, 11) is 0. The molecule has 1 aromatic carbocycles. The van der Waals surface area contributed by atoms with Gasteiger partial charge in [-0.3, -0.25) is 4.79 Å². The molecule has 0 heterocycles. The molecule has 0 spiro atoms. The minimum absolute atomic E-state index is 0.00119. The number of carbonyl (C=O) groups excluding carboxylic acids is 1. The van der Waals surface area contributed by atoms with Crippen molar-refractivity contribution in [1.82, 2.24) is 0 Å². The lowest BCUT2D eigenvalue weighted by Crippen LogP contribution is -2.13. The average molecular weight is 192 g/mol. The third-order valence-corrected chi connectivity index (χ3v) is 2.24. The second-order valence-corrected chi connectivity index (χ2v) is 3.40. The fraction of sp³-hybridized carbons (Fsp3) is 0.417. The van der Waals surface area contributed by atoms with Gasteiger partial charge in [0.05, 0.1) is 5.92 Å². The minimum Gasteiger partial charge on any atom is -0.461 e. The highest BCUT2D eigenvalue weighted by Gasteiger charge is 2.11. The largest absolute Gasteiger partial charge is 0.461 e. The molecular formula is C12H16O2. The Morgan fingerprint density at radius 1 is 1.36 bits per heavy atom. The van der Waals surface area contributed by atoms with Crippen LogP contribution >= 0.6 is 0 Å². The Balaban J connectivity index is 2.38. The van der Waals surface area contributed by atoms with Crippen LogP contribution < -0.4 is 0 Å². The summed E-state index contributed by atoms with van der Waals surface area (Å²) >= 11 is 0. The van der Waals surface area contributed by atoms with Gasteiger partial charge in [-0.05, 0) is 12.0 Å². The number of hydrogen-bond acceptors (Lipinski definition) is 2. The maximum Gasteiger partial charge on any atom is 0.308 e. The van der Waals surface area contributed by atoms with Crippen LogP contribution in [0.5, 0.6) is 0 Å². The molecule has 1 aromatic rings. The van der Waals surface area contributed by atoms with E-state index in [0.717, 1.165) is 12.0 Å².